The van der Waals surface area contributed by atoms with Crippen LogP contribution in [0.4, 0.5) is 5.69 Å². The molecule has 1 aliphatic heterocycles. The molecule has 0 spiro atoms. The standard InChI is InChI=1S/C15H19NO5/c1-10(21-9-13-3-2-8-20-13)14(17)16-12-6-4-11(5-7-12)15(18)19/h4-7,10,13H,2-3,8-9H2,1H3,(H,16,17)(H,18,19). The Balaban J connectivity index is 1.80. The summed E-state index contributed by atoms with van der Waals surface area (Å²) in [5, 5.41) is 11.5. The van der Waals surface area contributed by atoms with E-state index in [2.05, 4.69) is 5.32 Å². The average molecular weight is 293 g/mol. The summed E-state index contributed by atoms with van der Waals surface area (Å²) in [5.41, 5.74) is 0.716. The molecule has 0 aromatic heterocycles. The van der Waals surface area contributed by atoms with Gasteiger partial charge >= 0.3 is 5.97 Å². The van der Waals surface area contributed by atoms with Crippen LogP contribution in [-0.2, 0) is 14.3 Å². The fraction of sp³-hybridized carbons (Fsp3) is 0.467. The Morgan fingerprint density at radius 1 is 1.43 bits per heavy atom. The van der Waals surface area contributed by atoms with Gasteiger partial charge in [-0.3, -0.25) is 4.79 Å². The molecule has 114 valence electrons. The second-order valence-corrected chi connectivity index (χ2v) is 4.98. The van der Waals surface area contributed by atoms with Gasteiger partial charge in [-0.25, -0.2) is 4.79 Å². The van der Waals surface area contributed by atoms with Gasteiger partial charge < -0.3 is 19.9 Å². The molecule has 1 fully saturated rings. The zero-order valence-electron chi connectivity index (χ0n) is 11.9. The largest absolute Gasteiger partial charge is 0.478 e. The minimum Gasteiger partial charge on any atom is -0.478 e. The molecule has 6 heteroatoms. The van der Waals surface area contributed by atoms with Gasteiger partial charge in [0.25, 0.3) is 5.91 Å². The van der Waals surface area contributed by atoms with Crippen LogP contribution in [0.1, 0.15) is 30.1 Å². The van der Waals surface area contributed by atoms with Crippen molar-refractivity contribution in [3.05, 3.63) is 29.8 Å². The van der Waals surface area contributed by atoms with Crippen LogP contribution >= 0.6 is 0 Å². The van der Waals surface area contributed by atoms with Crippen molar-refractivity contribution in [3.8, 4) is 0 Å². The van der Waals surface area contributed by atoms with Crippen LogP contribution in [0.25, 0.3) is 0 Å². The molecule has 1 aromatic carbocycles. The quantitative estimate of drug-likeness (QED) is 0.837. The second-order valence-electron chi connectivity index (χ2n) is 4.98. The van der Waals surface area contributed by atoms with Crippen molar-refractivity contribution in [3.63, 3.8) is 0 Å². The maximum atomic E-state index is 11.9. The molecule has 1 saturated heterocycles. The highest BCUT2D eigenvalue weighted by atomic mass is 16.5. The van der Waals surface area contributed by atoms with Gasteiger partial charge in [0.2, 0.25) is 0 Å². The molecule has 0 saturated carbocycles. The van der Waals surface area contributed by atoms with Gasteiger partial charge in [0, 0.05) is 12.3 Å². The van der Waals surface area contributed by atoms with E-state index < -0.39 is 12.1 Å². The summed E-state index contributed by atoms with van der Waals surface area (Å²) in [6, 6.07) is 5.98. The zero-order valence-corrected chi connectivity index (χ0v) is 11.9. The first-order valence-corrected chi connectivity index (χ1v) is 6.93. The van der Waals surface area contributed by atoms with Crippen LogP contribution in [0, 0.1) is 0 Å². The summed E-state index contributed by atoms with van der Waals surface area (Å²) < 4.78 is 10.9. The number of amides is 1. The Morgan fingerprint density at radius 3 is 2.71 bits per heavy atom. The van der Waals surface area contributed by atoms with E-state index in [1.807, 2.05) is 0 Å². The number of carbonyl (C=O) groups excluding carboxylic acids is 1. The topological polar surface area (TPSA) is 84.9 Å². The Bertz CT molecular complexity index is 493. The number of anilines is 1. The van der Waals surface area contributed by atoms with Crippen LogP contribution in [0.2, 0.25) is 0 Å². The molecule has 1 aliphatic rings. The lowest BCUT2D eigenvalue weighted by Crippen LogP contribution is -2.30. The van der Waals surface area contributed by atoms with Gasteiger partial charge in [0.1, 0.15) is 6.10 Å². The van der Waals surface area contributed by atoms with Gasteiger partial charge in [0.05, 0.1) is 18.3 Å². The molecule has 2 rings (SSSR count). The molecule has 1 heterocycles. The van der Waals surface area contributed by atoms with Crippen LogP contribution in [-0.4, -0.2) is 42.4 Å². The number of ether oxygens (including phenoxy) is 2. The van der Waals surface area contributed by atoms with Crippen molar-refractivity contribution in [2.24, 2.45) is 0 Å². The van der Waals surface area contributed by atoms with E-state index in [9.17, 15) is 9.59 Å². The molecule has 0 bridgehead atoms. The lowest BCUT2D eigenvalue weighted by atomic mass is 10.2. The van der Waals surface area contributed by atoms with E-state index in [4.69, 9.17) is 14.6 Å². The first kappa shape index (κ1) is 15.5. The van der Waals surface area contributed by atoms with Crippen LogP contribution in [0.15, 0.2) is 24.3 Å². The van der Waals surface area contributed by atoms with E-state index in [-0.39, 0.29) is 17.6 Å². The molecule has 2 unspecified atom stereocenters. The van der Waals surface area contributed by atoms with Crippen LogP contribution in [0.3, 0.4) is 0 Å². The van der Waals surface area contributed by atoms with Gasteiger partial charge in [-0.2, -0.15) is 0 Å². The normalized spacial score (nSPS) is 19.2. The number of carboxylic acid groups (broad SMARTS) is 1. The fourth-order valence-corrected chi connectivity index (χ4v) is 2.04. The van der Waals surface area contributed by atoms with E-state index >= 15 is 0 Å². The van der Waals surface area contributed by atoms with Crippen molar-refractivity contribution < 1.29 is 24.2 Å². The van der Waals surface area contributed by atoms with E-state index in [0.717, 1.165) is 19.4 Å². The van der Waals surface area contributed by atoms with Crippen molar-refractivity contribution in [1.29, 1.82) is 0 Å². The first-order valence-electron chi connectivity index (χ1n) is 6.93. The Kier molecular flexibility index (Phi) is 5.30. The van der Waals surface area contributed by atoms with Crippen molar-refractivity contribution in [1.82, 2.24) is 0 Å². The highest BCUT2D eigenvalue weighted by Gasteiger charge is 2.19. The summed E-state index contributed by atoms with van der Waals surface area (Å²) in [6.45, 7) is 2.84. The molecule has 1 amide bonds. The van der Waals surface area contributed by atoms with Gasteiger partial charge in [-0.1, -0.05) is 0 Å². The molecule has 0 radical (unpaired) electrons. The molecular weight excluding hydrogens is 274 g/mol. The van der Waals surface area contributed by atoms with Crippen LogP contribution < -0.4 is 5.32 Å². The minimum absolute atomic E-state index is 0.0788. The maximum Gasteiger partial charge on any atom is 0.335 e. The number of nitrogens with one attached hydrogen (secondary N) is 1. The smallest absolute Gasteiger partial charge is 0.335 e. The van der Waals surface area contributed by atoms with Crippen molar-refractivity contribution in [2.75, 3.05) is 18.5 Å². The molecule has 21 heavy (non-hydrogen) atoms. The zero-order chi connectivity index (χ0) is 15.2. The maximum absolute atomic E-state index is 11.9. The SMILES string of the molecule is CC(OCC1CCCO1)C(=O)Nc1ccc(C(=O)O)cc1. The summed E-state index contributed by atoms with van der Waals surface area (Å²) in [7, 11) is 0. The Morgan fingerprint density at radius 2 is 2.14 bits per heavy atom. The van der Waals surface area contributed by atoms with E-state index in [0.29, 0.717) is 12.3 Å². The number of carboxylic acids is 1. The van der Waals surface area contributed by atoms with Gasteiger partial charge in [0.15, 0.2) is 0 Å². The highest BCUT2D eigenvalue weighted by molar-refractivity contribution is 5.94. The van der Waals surface area contributed by atoms with Gasteiger partial charge in [-0.05, 0) is 44.0 Å². The predicted molar refractivity (Wildman–Crippen MR) is 76.4 cm³/mol. The molecule has 2 atom stereocenters. The molecule has 0 aliphatic carbocycles. The molecule has 1 aromatic rings. The number of hydrogen-bond acceptors (Lipinski definition) is 4. The highest BCUT2D eigenvalue weighted by Crippen LogP contribution is 2.14. The number of benzene rings is 1. The minimum atomic E-state index is -0.999. The monoisotopic (exact) mass is 293 g/mol. The fourth-order valence-electron chi connectivity index (χ4n) is 2.04. The van der Waals surface area contributed by atoms with Crippen LogP contribution in [0.5, 0.6) is 0 Å². The number of aromatic carboxylic acids is 1. The second kappa shape index (κ2) is 7.19. The van der Waals surface area contributed by atoms with E-state index in [1.165, 1.54) is 12.1 Å². The lowest BCUT2D eigenvalue weighted by Gasteiger charge is -2.16. The number of carbonyl (C=O) groups is 2. The van der Waals surface area contributed by atoms with E-state index in [1.54, 1.807) is 19.1 Å². The third-order valence-electron chi connectivity index (χ3n) is 3.32. The third-order valence-corrected chi connectivity index (χ3v) is 3.32. The summed E-state index contributed by atoms with van der Waals surface area (Å²) in [5.74, 6) is -1.27. The third kappa shape index (κ3) is 4.54. The summed E-state index contributed by atoms with van der Waals surface area (Å²) >= 11 is 0. The Hall–Kier alpha value is -1.92. The predicted octanol–water partition coefficient (Wildman–Crippen LogP) is 1.91. The molecule has 6 nitrogen and oxygen atoms in total. The Labute approximate surface area is 123 Å². The first-order chi connectivity index (χ1) is 10.1. The number of rotatable bonds is 6. The van der Waals surface area contributed by atoms with Gasteiger partial charge in [-0.15, -0.1) is 0 Å². The lowest BCUT2D eigenvalue weighted by molar-refractivity contribution is -0.128. The summed E-state index contributed by atoms with van der Waals surface area (Å²) in [4.78, 5) is 22.7. The van der Waals surface area contributed by atoms with Crippen molar-refractivity contribution >= 4 is 17.6 Å². The summed E-state index contributed by atoms with van der Waals surface area (Å²) in [6.07, 6.45) is 1.48. The molecular formula is C15H19NO5. The molecule has 2 N–H and O–H groups in total. The van der Waals surface area contributed by atoms with Crippen molar-refractivity contribution in [2.45, 2.75) is 32.0 Å². The average Bonchev–Trinajstić information content (AvgIpc) is 2.98. The number of hydrogen-bond donors (Lipinski definition) is 2.